The maximum atomic E-state index is 12.6. The molecule has 4 aromatic rings. The molecule has 0 saturated heterocycles. The number of ether oxygens (including phenoxy) is 1. The van der Waals surface area contributed by atoms with Gasteiger partial charge in [-0.3, -0.25) is 4.79 Å². The van der Waals surface area contributed by atoms with Crippen molar-refractivity contribution in [2.45, 2.75) is 0 Å². The van der Waals surface area contributed by atoms with Gasteiger partial charge in [0.2, 0.25) is 0 Å². The van der Waals surface area contributed by atoms with E-state index in [1.807, 2.05) is 18.2 Å². The predicted octanol–water partition coefficient (Wildman–Crippen LogP) is 5.04. The van der Waals surface area contributed by atoms with Crippen LogP contribution >= 0.6 is 34.5 Å². The molecule has 4 rings (SSSR count). The van der Waals surface area contributed by atoms with Crippen molar-refractivity contribution in [1.82, 2.24) is 4.57 Å². The first-order valence-electron chi connectivity index (χ1n) is 7.58. The molecule has 2 aromatic carbocycles. The van der Waals surface area contributed by atoms with Crippen molar-refractivity contribution in [1.29, 1.82) is 0 Å². The van der Waals surface area contributed by atoms with E-state index in [1.165, 1.54) is 11.3 Å². The minimum Gasteiger partial charge on any atom is -0.493 e. The second-order valence-corrected chi connectivity index (χ2v) is 7.35. The number of carbonyl (C=O) groups is 1. The molecule has 8 heteroatoms. The normalized spacial score (nSPS) is 12.2. The Bertz CT molecular complexity index is 1240. The van der Waals surface area contributed by atoms with Crippen LogP contribution < -0.4 is 9.54 Å². The molecule has 5 nitrogen and oxygen atoms in total. The molecule has 132 valence electrons. The van der Waals surface area contributed by atoms with Crippen LogP contribution in [0, 0.1) is 0 Å². The van der Waals surface area contributed by atoms with Crippen LogP contribution in [0.1, 0.15) is 10.6 Å². The number of aryl methyl sites for hydroxylation is 1. The number of carbonyl (C=O) groups excluding carboxylic acids is 1. The summed E-state index contributed by atoms with van der Waals surface area (Å²) in [5.74, 6) is 0.231. The molecular formula is C18H12Cl2N2O3S. The Morgan fingerprint density at radius 1 is 1.27 bits per heavy atom. The quantitative estimate of drug-likeness (QED) is 0.468. The lowest BCUT2D eigenvalue weighted by Crippen LogP contribution is -2.13. The summed E-state index contributed by atoms with van der Waals surface area (Å²) in [4.78, 5) is 17.3. The van der Waals surface area contributed by atoms with Crippen LogP contribution in [-0.2, 0) is 7.05 Å². The van der Waals surface area contributed by atoms with Crippen LogP contribution in [0.3, 0.4) is 0 Å². The first-order chi connectivity index (χ1) is 12.5. The van der Waals surface area contributed by atoms with Gasteiger partial charge in [0.25, 0.3) is 0 Å². The molecule has 2 aromatic heterocycles. The number of amides is 1. The zero-order chi connectivity index (χ0) is 18.4. The van der Waals surface area contributed by atoms with Crippen molar-refractivity contribution < 1.29 is 13.9 Å². The van der Waals surface area contributed by atoms with Gasteiger partial charge in [-0.25, -0.2) is 0 Å². The van der Waals surface area contributed by atoms with E-state index in [1.54, 1.807) is 36.9 Å². The van der Waals surface area contributed by atoms with Gasteiger partial charge in [0.1, 0.15) is 0 Å². The molecule has 0 bridgehead atoms. The maximum Gasteiger partial charge on any atom is 0.315 e. The number of aromatic nitrogens is 1. The summed E-state index contributed by atoms with van der Waals surface area (Å²) in [5.41, 5.74) is 1.26. The number of methoxy groups -OCH3 is 1. The number of rotatable bonds is 2. The topological polar surface area (TPSA) is 56.7 Å². The van der Waals surface area contributed by atoms with Crippen molar-refractivity contribution in [3.8, 4) is 5.75 Å². The fourth-order valence-corrected chi connectivity index (χ4v) is 4.25. The molecule has 0 aliphatic carbocycles. The van der Waals surface area contributed by atoms with Gasteiger partial charge in [-0.1, -0.05) is 46.7 Å². The first-order valence-corrected chi connectivity index (χ1v) is 9.16. The summed E-state index contributed by atoms with van der Waals surface area (Å²) >= 11 is 13.7. The monoisotopic (exact) mass is 406 g/mol. The van der Waals surface area contributed by atoms with E-state index in [0.29, 0.717) is 26.2 Å². The number of halogens is 2. The Labute approximate surface area is 162 Å². The maximum absolute atomic E-state index is 12.6. The highest BCUT2D eigenvalue weighted by Crippen LogP contribution is 2.32. The van der Waals surface area contributed by atoms with Crippen LogP contribution in [0.2, 0.25) is 10.0 Å². The SMILES string of the molecule is COc1cccc2cc(C(=O)N=c3sc4ccc(Cl)c(Cl)c4n3C)oc12. The fraction of sp³-hybridized carbons (Fsp3) is 0.111. The van der Waals surface area contributed by atoms with Crippen LogP contribution in [0.25, 0.3) is 21.2 Å². The number of thiazole rings is 1. The lowest BCUT2D eigenvalue weighted by molar-refractivity contribution is 0.0973. The Balaban J connectivity index is 1.84. The Kier molecular flexibility index (Phi) is 4.26. The van der Waals surface area contributed by atoms with Gasteiger partial charge in [-0.15, -0.1) is 0 Å². The van der Waals surface area contributed by atoms with Gasteiger partial charge in [0.05, 0.1) is 27.4 Å². The van der Waals surface area contributed by atoms with E-state index in [0.717, 1.165) is 15.6 Å². The molecule has 2 heterocycles. The molecule has 0 unspecified atom stereocenters. The van der Waals surface area contributed by atoms with Gasteiger partial charge in [0.15, 0.2) is 21.9 Å². The van der Waals surface area contributed by atoms with Gasteiger partial charge >= 0.3 is 5.91 Å². The lowest BCUT2D eigenvalue weighted by Gasteiger charge is -2.00. The first kappa shape index (κ1) is 17.1. The van der Waals surface area contributed by atoms with E-state index in [2.05, 4.69) is 4.99 Å². The molecule has 1 amide bonds. The molecule has 0 atom stereocenters. The van der Waals surface area contributed by atoms with Gasteiger partial charge in [-0.2, -0.15) is 4.99 Å². The highest BCUT2D eigenvalue weighted by atomic mass is 35.5. The van der Waals surface area contributed by atoms with Crippen molar-refractivity contribution in [3.05, 3.63) is 57.0 Å². The lowest BCUT2D eigenvalue weighted by atomic mass is 10.2. The number of benzene rings is 2. The second-order valence-electron chi connectivity index (χ2n) is 5.56. The number of para-hydroxylation sites is 1. The van der Waals surface area contributed by atoms with E-state index in [4.69, 9.17) is 32.4 Å². The molecule has 0 saturated carbocycles. The van der Waals surface area contributed by atoms with Crippen molar-refractivity contribution >= 4 is 61.6 Å². The van der Waals surface area contributed by atoms with E-state index in [-0.39, 0.29) is 5.76 Å². The van der Waals surface area contributed by atoms with Crippen LogP contribution in [0.5, 0.6) is 5.75 Å². The van der Waals surface area contributed by atoms with E-state index >= 15 is 0 Å². The summed E-state index contributed by atoms with van der Waals surface area (Å²) in [6, 6.07) is 10.7. The third-order valence-electron chi connectivity index (χ3n) is 3.99. The molecule has 0 N–H and O–H groups in total. The van der Waals surface area contributed by atoms with E-state index < -0.39 is 5.91 Å². The summed E-state index contributed by atoms with van der Waals surface area (Å²) in [7, 11) is 3.34. The third-order valence-corrected chi connectivity index (χ3v) is 5.88. The zero-order valence-electron chi connectivity index (χ0n) is 13.7. The third kappa shape index (κ3) is 2.70. The summed E-state index contributed by atoms with van der Waals surface area (Å²) in [6.45, 7) is 0. The van der Waals surface area contributed by atoms with Crippen molar-refractivity contribution in [2.75, 3.05) is 7.11 Å². The van der Waals surface area contributed by atoms with Crippen LogP contribution in [0.15, 0.2) is 45.8 Å². The fourth-order valence-electron chi connectivity index (χ4n) is 2.72. The molecule has 0 spiro atoms. The zero-order valence-corrected chi connectivity index (χ0v) is 16.1. The predicted molar refractivity (Wildman–Crippen MR) is 103 cm³/mol. The van der Waals surface area contributed by atoms with E-state index in [9.17, 15) is 4.79 Å². The summed E-state index contributed by atoms with van der Waals surface area (Å²) in [6.07, 6.45) is 0. The number of hydrogen-bond acceptors (Lipinski definition) is 4. The Morgan fingerprint density at radius 3 is 2.85 bits per heavy atom. The average Bonchev–Trinajstić information content (AvgIpc) is 3.20. The number of furan rings is 1. The van der Waals surface area contributed by atoms with Crippen molar-refractivity contribution in [3.63, 3.8) is 0 Å². The highest BCUT2D eigenvalue weighted by Gasteiger charge is 2.16. The molecule has 0 aliphatic rings. The molecule has 0 radical (unpaired) electrons. The number of fused-ring (bicyclic) bond motifs is 2. The number of hydrogen-bond donors (Lipinski definition) is 0. The Hall–Kier alpha value is -2.28. The highest BCUT2D eigenvalue weighted by molar-refractivity contribution is 7.16. The molecule has 0 fully saturated rings. The largest absolute Gasteiger partial charge is 0.493 e. The number of nitrogens with zero attached hydrogens (tertiary/aromatic N) is 2. The van der Waals surface area contributed by atoms with Gasteiger partial charge in [0, 0.05) is 12.4 Å². The minimum atomic E-state index is -0.479. The van der Waals surface area contributed by atoms with Gasteiger partial charge < -0.3 is 13.7 Å². The molecule has 0 aliphatic heterocycles. The van der Waals surface area contributed by atoms with Gasteiger partial charge in [-0.05, 0) is 24.3 Å². The summed E-state index contributed by atoms with van der Waals surface area (Å²) < 4.78 is 13.6. The average molecular weight is 407 g/mol. The molecule has 26 heavy (non-hydrogen) atoms. The van der Waals surface area contributed by atoms with Crippen molar-refractivity contribution in [2.24, 2.45) is 12.0 Å². The van der Waals surface area contributed by atoms with Crippen LogP contribution in [-0.4, -0.2) is 17.6 Å². The Morgan fingerprint density at radius 2 is 2.08 bits per heavy atom. The smallest absolute Gasteiger partial charge is 0.315 e. The minimum absolute atomic E-state index is 0.145. The molecular weight excluding hydrogens is 395 g/mol. The standard InChI is InChI=1S/C18H12Cl2N2O3S/c1-22-15-13(7-6-10(19)14(15)20)26-18(22)21-17(23)12-8-9-4-3-5-11(24-2)16(9)25-12/h3-8H,1-2H3. The second kappa shape index (κ2) is 6.46. The summed E-state index contributed by atoms with van der Waals surface area (Å²) in [5, 5.41) is 1.67. The van der Waals surface area contributed by atoms with Crippen LogP contribution in [0.4, 0.5) is 0 Å².